The van der Waals surface area contributed by atoms with Crippen molar-refractivity contribution in [2.45, 2.75) is 52.2 Å². The minimum atomic E-state index is -0.602. The van der Waals surface area contributed by atoms with Crippen LogP contribution in [-0.4, -0.2) is 37.0 Å². The lowest BCUT2D eigenvalue weighted by molar-refractivity contribution is -0.127. The van der Waals surface area contributed by atoms with Crippen LogP contribution in [0.2, 0.25) is 0 Å². The minimum absolute atomic E-state index is 0.0683. The summed E-state index contributed by atoms with van der Waals surface area (Å²) in [5.74, 6) is -0.745. The van der Waals surface area contributed by atoms with Crippen LogP contribution >= 0.6 is 0 Å². The summed E-state index contributed by atoms with van der Waals surface area (Å²) < 4.78 is 11.6. The molecule has 3 fully saturated rings. The predicted octanol–water partition coefficient (Wildman–Crippen LogP) is 2.90. The summed E-state index contributed by atoms with van der Waals surface area (Å²) >= 11 is 0. The first-order valence-electron chi connectivity index (χ1n) is 9.32. The van der Waals surface area contributed by atoms with Crippen molar-refractivity contribution in [3.05, 3.63) is 34.4 Å². The van der Waals surface area contributed by atoms with Crippen LogP contribution in [0.3, 0.4) is 0 Å². The Morgan fingerprint density at radius 3 is 2.36 bits per heavy atom. The maximum atomic E-state index is 13.3. The summed E-state index contributed by atoms with van der Waals surface area (Å²) in [6, 6.07) is 4.14. The van der Waals surface area contributed by atoms with Crippen molar-refractivity contribution < 1.29 is 19.1 Å². The molecule has 0 amide bonds. The Kier molecular flexibility index (Phi) is 4.08. The average Bonchev–Trinajstić information content (AvgIpc) is 3.18. The normalized spacial score (nSPS) is 36.3. The molecule has 2 saturated heterocycles. The van der Waals surface area contributed by atoms with Gasteiger partial charge in [-0.25, -0.2) is 0 Å². The average molecular weight is 342 g/mol. The van der Waals surface area contributed by atoms with Crippen molar-refractivity contribution in [2.75, 3.05) is 13.2 Å². The van der Waals surface area contributed by atoms with Gasteiger partial charge in [-0.3, -0.25) is 9.59 Å². The van der Waals surface area contributed by atoms with Gasteiger partial charge in [0.15, 0.2) is 11.6 Å². The Balaban J connectivity index is 1.67. The Labute approximate surface area is 148 Å². The number of aryl methyl sites for hydroxylation is 3. The highest BCUT2D eigenvalue weighted by atomic mass is 16.5. The molecule has 0 aromatic heterocycles. The minimum Gasteiger partial charge on any atom is -0.381 e. The second-order valence-corrected chi connectivity index (χ2v) is 7.90. The zero-order chi connectivity index (χ0) is 17.9. The van der Waals surface area contributed by atoms with Gasteiger partial charge in [0, 0.05) is 12.5 Å². The molecule has 1 aromatic rings. The van der Waals surface area contributed by atoms with Crippen molar-refractivity contribution in [3.8, 4) is 0 Å². The number of ketones is 2. The highest BCUT2D eigenvalue weighted by molar-refractivity contribution is 6.17. The van der Waals surface area contributed by atoms with Gasteiger partial charge in [-0.05, 0) is 50.8 Å². The number of ether oxygens (including phenoxy) is 2. The summed E-state index contributed by atoms with van der Waals surface area (Å²) in [5.41, 5.74) is 4.18. The van der Waals surface area contributed by atoms with Crippen LogP contribution in [-0.2, 0) is 19.1 Å². The van der Waals surface area contributed by atoms with Gasteiger partial charge >= 0.3 is 0 Å². The molecule has 1 aliphatic carbocycles. The van der Waals surface area contributed by atoms with Crippen LogP contribution < -0.4 is 0 Å². The first kappa shape index (κ1) is 16.9. The van der Waals surface area contributed by atoms with Crippen molar-refractivity contribution >= 4 is 11.6 Å². The van der Waals surface area contributed by atoms with Gasteiger partial charge in [0.2, 0.25) is 0 Å². The van der Waals surface area contributed by atoms with E-state index in [0.29, 0.717) is 13.2 Å². The smallest absolute Gasteiger partial charge is 0.154 e. The fourth-order valence-electron chi connectivity index (χ4n) is 5.43. The molecule has 0 spiro atoms. The molecule has 6 atom stereocenters. The van der Waals surface area contributed by atoms with E-state index in [-0.39, 0.29) is 41.5 Å². The van der Waals surface area contributed by atoms with Gasteiger partial charge in [0.05, 0.1) is 30.7 Å². The molecule has 4 nitrogen and oxygen atoms in total. The molecule has 2 heterocycles. The SMILES string of the molecule is CCOC[C@H]1C[C@@H]2O[C@H]1[C@H]1C(=O)C(c3c(C)cc(C)cc3C)C(=O)[C@H]12. The molecule has 0 radical (unpaired) electrons. The molecule has 2 aliphatic heterocycles. The molecule has 3 aliphatic rings. The van der Waals surface area contributed by atoms with Crippen LogP contribution in [0.5, 0.6) is 0 Å². The third-order valence-corrected chi connectivity index (χ3v) is 6.26. The number of carbonyl (C=O) groups excluding carboxylic acids is 2. The number of rotatable bonds is 4. The topological polar surface area (TPSA) is 52.6 Å². The zero-order valence-corrected chi connectivity index (χ0v) is 15.4. The fourth-order valence-corrected chi connectivity index (χ4v) is 5.43. The Morgan fingerprint density at radius 1 is 1.08 bits per heavy atom. The predicted molar refractivity (Wildman–Crippen MR) is 93.6 cm³/mol. The van der Waals surface area contributed by atoms with E-state index in [2.05, 4.69) is 12.1 Å². The monoisotopic (exact) mass is 342 g/mol. The molecule has 25 heavy (non-hydrogen) atoms. The molecular formula is C21H26O4. The van der Waals surface area contributed by atoms with E-state index >= 15 is 0 Å². The lowest BCUT2D eigenvalue weighted by Gasteiger charge is -2.25. The Hall–Kier alpha value is -1.52. The summed E-state index contributed by atoms with van der Waals surface area (Å²) in [7, 11) is 0. The van der Waals surface area contributed by atoms with Crippen molar-refractivity contribution in [3.63, 3.8) is 0 Å². The quantitative estimate of drug-likeness (QED) is 0.790. The lowest BCUT2D eigenvalue weighted by atomic mass is 9.75. The molecule has 0 N–H and O–H groups in total. The maximum Gasteiger partial charge on any atom is 0.154 e. The molecule has 1 saturated carbocycles. The molecule has 1 unspecified atom stereocenters. The molecule has 134 valence electrons. The Bertz CT molecular complexity index is 714. The first-order chi connectivity index (χ1) is 11.9. The lowest BCUT2D eigenvalue weighted by Crippen LogP contribution is -2.37. The van der Waals surface area contributed by atoms with Crippen molar-refractivity contribution in [1.82, 2.24) is 0 Å². The van der Waals surface area contributed by atoms with Crippen LogP contribution in [0.1, 0.15) is 41.5 Å². The maximum absolute atomic E-state index is 13.3. The molecule has 2 bridgehead atoms. The molecule has 1 aromatic carbocycles. The van der Waals surface area contributed by atoms with Gasteiger partial charge < -0.3 is 9.47 Å². The van der Waals surface area contributed by atoms with Crippen molar-refractivity contribution in [2.24, 2.45) is 17.8 Å². The summed E-state index contributed by atoms with van der Waals surface area (Å²) in [4.78, 5) is 26.4. The van der Waals surface area contributed by atoms with E-state index < -0.39 is 5.92 Å². The largest absolute Gasteiger partial charge is 0.381 e. The summed E-state index contributed by atoms with van der Waals surface area (Å²) in [6.45, 7) is 9.32. The second-order valence-electron chi connectivity index (χ2n) is 7.90. The van der Waals surface area contributed by atoms with Gasteiger partial charge in [0.1, 0.15) is 5.92 Å². The molecule has 4 rings (SSSR count). The summed E-state index contributed by atoms with van der Waals surface area (Å²) in [6.07, 6.45) is 0.589. The third-order valence-electron chi connectivity index (χ3n) is 6.26. The van der Waals surface area contributed by atoms with Gasteiger partial charge in [-0.15, -0.1) is 0 Å². The highest BCUT2D eigenvalue weighted by Gasteiger charge is 2.65. The fraction of sp³-hybridized carbons (Fsp3) is 0.619. The van der Waals surface area contributed by atoms with Crippen LogP contribution in [0.25, 0.3) is 0 Å². The first-order valence-corrected chi connectivity index (χ1v) is 9.32. The number of carbonyl (C=O) groups is 2. The number of hydrogen-bond donors (Lipinski definition) is 0. The third kappa shape index (κ3) is 2.42. The van der Waals surface area contributed by atoms with Gasteiger partial charge in [-0.2, -0.15) is 0 Å². The van der Waals surface area contributed by atoms with Crippen LogP contribution in [0, 0.1) is 38.5 Å². The molecular weight excluding hydrogens is 316 g/mol. The second kappa shape index (κ2) is 6.03. The van der Waals surface area contributed by atoms with E-state index in [1.54, 1.807) is 0 Å². The van der Waals surface area contributed by atoms with Crippen molar-refractivity contribution in [1.29, 1.82) is 0 Å². The van der Waals surface area contributed by atoms with E-state index in [1.165, 1.54) is 0 Å². The number of hydrogen-bond acceptors (Lipinski definition) is 4. The van der Waals surface area contributed by atoms with Gasteiger partial charge in [-0.1, -0.05) is 17.7 Å². The standard InChI is InChI=1S/C21H26O4/c1-5-24-9-13-8-14-16-18(21(13)25-14)20(23)17(19(16)22)15-11(3)6-10(2)7-12(15)4/h6-7,13-14,16-18,21H,5,8-9H2,1-4H3/t13-,14+,16+,17?,18-,21-/m1/s1. The van der Waals surface area contributed by atoms with Crippen LogP contribution in [0.15, 0.2) is 12.1 Å². The molecule has 4 heteroatoms. The summed E-state index contributed by atoms with van der Waals surface area (Å²) in [5, 5.41) is 0. The van der Waals surface area contributed by atoms with E-state index in [9.17, 15) is 9.59 Å². The highest BCUT2D eigenvalue weighted by Crippen LogP contribution is 2.54. The van der Waals surface area contributed by atoms with E-state index in [1.807, 2.05) is 27.7 Å². The number of fused-ring (bicyclic) bond motifs is 5. The zero-order valence-electron chi connectivity index (χ0n) is 15.4. The Morgan fingerprint density at radius 2 is 1.72 bits per heavy atom. The van der Waals surface area contributed by atoms with Gasteiger partial charge in [0.25, 0.3) is 0 Å². The van der Waals surface area contributed by atoms with E-state index in [4.69, 9.17) is 9.47 Å². The van der Waals surface area contributed by atoms with E-state index in [0.717, 1.165) is 28.7 Å². The number of benzene rings is 1. The number of Topliss-reactive ketones (excluding diaryl/α,β-unsaturated/α-hetero) is 2. The van der Waals surface area contributed by atoms with Crippen LogP contribution in [0.4, 0.5) is 0 Å².